The molecule has 0 aromatic heterocycles. The number of benzene rings is 2. The molecule has 1 N–H and O–H groups in total. The van der Waals surface area contributed by atoms with Crippen LogP contribution < -0.4 is 4.72 Å². The Hall–Kier alpha value is -2.74. The van der Waals surface area contributed by atoms with Crippen molar-refractivity contribution in [1.82, 2.24) is 4.90 Å². The van der Waals surface area contributed by atoms with Crippen LogP contribution in [0.15, 0.2) is 48.5 Å². The Morgan fingerprint density at radius 3 is 2.12 bits per heavy atom. The molecule has 1 heterocycles. The average Bonchev–Trinajstić information content (AvgIpc) is 2.73. The lowest BCUT2D eigenvalue weighted by Crippen LogP contribution is -2.46. The van der Waals surface area contributed by atoms with Gasteiger partial charge in [0.05, 0.1) is 6.26 Å². The Morgan fingerprint density at radius 1 is 1.03 bits per heavy atom. The summed E-state index contributed by atoms with van der Waals surface area (Å²) >= 11 is 0. The number of halogens is 1. The van der Waals surface area contributed by atoms with Crippen LogP contribution in [0.2, 0.25) is 0 Å². The van der Waals surface area contributed by atoms with Crippen molar-refractivity contribution in [1.29, 1.82) is 0 Å². The van der Waals surface area contributed by atoms with Gasteiger partial charge in [0.25, 0.3) is 0 Å². The van der Waals surface area contributed by atoms with Gasteiger partial charge in [0.1, 0.15) is 5.82 Å². The zero-order valence-electron chi connectivity index (χ0n) is 18.6. The van der Waals surface area contributed by atoms with Crippen LogP contribution in [0.5, 0.6) is 0 Å². The standard InChI is InChI=1S/C24H29FN2O4S/c1-24(2,16-17-4-10-21(11-5-17)26-32(3,30)31)23(29)27-14-12-19(13-15-27)22(28)18-6-8-20(25)9-7-18/h4-11,19,26H,12-16H2,1-3H3. The van der Waals surface area contributed by atoms with Gasteiger partial charge in [-0.05, 0) is 61.2 Å². The summed E-state index contributed by atoms with van der Waals surface area (Å²) in [4.78, 5) is 27.7. The van der Waals surface area contributed by atoms with Crippen LogP contribution in [0.3, 0.4) is 0 Å². The van der Waals surface area contributed by atoms with E-state index in [4.69, 9.17) is 0 Å². The molecule has 1 aliphatic heterocycles. The lowest BCUT2D eigenvalue weighted by Gasteiger charge is -2.36. The van der Waals surface area contributed by atoms with Gasteiger partial charge < -0.3 is 4.90 Å². The maximum absolute atomic E-state index is 13.2. The number of carbonyl (C=O) groups is 2. The fraction of sp³-hybridized carbons (Fsp3) is 0.417. The van der Waals surface area contributed by atoms with Gasteiger partial charge in [-0.15, -0.1) is 0 Å². The van der Waals surface area contributed by atoms with Crippen molar-refractivity contribution < 1.29 is 22.4 Å². The number of amides is 1. The van der Waals surface area contributed by atoms with E-state index in [-0.39, 0.29) is 23.4 Å². The van der Waals surface area contributed by atoms with Crippen molar-refractivity contribution >= 4 is 27.4 Å². The summed E-state index contributed by atoms with van der Waals surface area (Å²) in [7, 11) is -3.34. The number of carbonyl (C=O) groups excluding carboxylic acids is 2. The maximum atomic E-state index is 13.2. The van der Waals surface area contributed by atoms with Gasteiger partial charge in [-0.3, -0.25) is 14.3 Å². The van der Waals surface area contributed by atoms with Crippen LogP contribution in [0, 0.1) is 17.2 Å². The predicted molar refractivity (Wildman–Crippen MR) is 122 cm³/mol. The zero-order chi connectivity index (χ0) is 23.5. The van der Waals surface area contributed by atoms with E-state index in [1.165, 1.54) is 24.3 Å². The Morgan fingerprint density at radius 2 is 1.59 bits per heavy atom. The van der Waals surface area contributed by atoms with E-state index in [0.29, 0.717) is 43.6 Å². The van der Waals surface area contributed by atoms with Crippen LogP contribution >= 0.6 is 0 Å². The third kappa shape index (κ3) is 6.16. The minimum absolute atomic E-state index is 0.000785. The fourth-order valence-corrected chi connectivity index (χ4v) is 4.68. The highest BCUT2D eigenvalue weighted by molar-refractivity contribution is 7.92. The molecule has 1 amide bonds. The normalized spacial score (nSPS) is 15.4. The Kier molecular flexibility index (Phi) is 7.03. The molecular weight excluding hydrogens is 431 g/mol. The minimum Gasteiger partial charge on any atom is -0.342 e. The zero-order valence-corrected chi connectivity index (χ0v) is 19.4. The van der Waals surface area contributed by atoms with E-state index in [0.717, 1.165) is 11.8 Å². The summed E-state index contributed by atoms with van der Waals surface area (Å²) in [5, 5.41) is 0. The number of nitrogens with zero attached hydrogens (tertiary/aromatic N) is 1. The minimum atomic E-state index is -3.34. The first-order valence-corrected chi connectivity index (χ1v) is 12.5. The van der Waals surface area contributed by atoms with Gasteiger partial charge >= 0.3 is 0 Å². The highest BCUT2D eigenvalue weighted by Gasteiger charge is 2.35. The van der Waals surface area contributed by atoms with Crippen molar-refractivity contribution in [3.05, 3.63) is 65.5 Å². The molecule has 1 aliphatic rings. The van der Waals surface area contributed by atoms with Crippen LogP contribution in [0.25, 0.3) is 0 Å². The number of sulfonamides is 1. The van der Waals surface area contributed by atoms with Crippen molar-refractivity contribution in [3.8, 4) is 0 Å². The molecule has 2 aromatic carbocycles. The van der Waals surface area contributed by atoms with Crippen LogP contribution in [-0.4, -0.2) is 44.4 Å². The van der Waals surface area contributed by atoms with Gasteiger partial charge in [-0.2, -0.15) is 0 Å². The molecule has 0 bridgehead atoms. The largest absolute Gasteiger partial charge is 0.342 e. The molecule has 0 spiro atoms. The number of rotatable bonds is 7. The lowest BCUT2D eigenvalue weighted by atomic mass is 9.82. The number of anilines is 1. The number of piperidine rings is 1. The third-order valence-corrected chi connectivity index (χ3v) is 6.37. The second-order valence-corrected chi connectivity index (χ2v) is 10.8. The monoisotopic (exact) mass is 460 g/mol. The smallest absolute Gasteiger partial charge is 0.229 e. The fourth-order valence-electron chi connectivity index (χ4n) is 4.11. The molecule has 3 rings (SSSR count). The summed E-state index contributed by atoms with van der Waals surface area (Å²) in [5.74, 6) is -0.504. The van der Waals surface area contributed by atoms with E-state index in [2.05, 4.69) is 4.72 Å². The predicted octanol–water partition coefficient (Wildman–Crippen LogP) is 3.89. The highest BCUT2D eigenvalue weighted by atomic mass is 32.2. The van der Waals surface area contributed by atoms with Gasteiger partial charge in [0, 0.05) is 35.7 Å². The number of likely N-dealkylation sites (tertiary alicyclic amines) is 1. The molecule has 0 radical (unpaired) electrons. The molecular formula is C24H29FN2O4S. The van der Waals surface area contributed by atoms with Crippen molar-refractivity contribution in [2.75, 3.05) is 24.1 Å². The van der Waals surface area contributed by atoms with Gasteiger partial charge in [0.2, 0.25) is 15.9 Å². The third-order valence-electron chi connectivity index (χ3n) is 5.76. The van der Waals surface area contributed by atoms with Crippen LogP contribution in [0.1, 0.15) is 42.6 Å². The second kappa shape index (κ2) is 9.40. The molecule has 32 heavy (non-hydrogen) atoms. The molecule has 0 atom stereocenters. The Labute approximate surface area is 188 Å². The summed E-state index contributed by atoms with van der Waals surface area (Å²) < 4.78 is 38.2. The number of nitrogens with one attached hydrogen (secondary N) is 1. The first kappa shape index (κ1) is 23.9. The average molecular weight is 461 g/mol. The molecule has 1 saturated heterocycles. The van der Waals surface area contributed by atoms with Crippen molar-refractivity contribution in [2.45, 2.75) is 33.1 Å². The molecule has 6 nitrogen and oxygen atoms in total. The molecule has 0 saturated carbocycles. The van der Waals surface area contributed by atoms with Crippen LogP contribution in [-0.2, 0) is 21.2 Å². The first-order chi connectivity index (χ1) is 14.9. The highest BCUT2D eigenvalue weighted by Crippen LogP contribution is 2.29. The SMILES string of the molecule is CC(C)(Cc1ccc(NS(C)(=O)=O)cc1)C(=O)N1CCC(C(=O)c2ccc(F)cc2)CC1. The Balaban J connectivity index is 1.57. The van der Waals surface area contributed by atoms with Gasteiger partial charge in [-0.1, -0.05) is 26.0 Å². The van der Waals surface area contributed by atoms with E-state index >= 15 is 0 Å². The quantitative estimate of drug-likeness (QED) is 0.636. The summed E-state index contributed by atoms with van der Waals surface area (Å²) in [6.45, 7) is 4.82. The van der Waals surface area contributed by atoms with Gasteiger partial charge in [0.15, 0.2) is 5.78 Å². The lowest BCUT2D eigenvalue weighted by molar-refractivity contribution is -0.141. The maximum Gasteiger partial charge on any atom is 0.229 e. The first-order valence-electron chi connectivity index (χ1n) is 10.6. The Bertz CT molecular complexity index is 1070. The molecule has 0 aliphatic carbocycles. The molecule has 0 unspecified atom stereocenters. The topological polar surface area (TPSA) is 83.6 Å². The number of hydrogen-bond acceptors (Lipinski definition) is 4. The van der Waals surface area contributed by atoms with Crippen molar-refractivity contribution in [3.63, 3.8) is 0 Å². The number of Topliss-reactive ketones (excluding diaryl/α,β-unsaturated/α-hetero) is 1. The van der Waals surface area contributed by atoms with Crippen LogP contribution in [0.4, 0.5) is 10.1 Å². The number of ketones is 1. The van der Waals surface area contributed by atoms with E-state index in [1.54, 1.807) is 12.1 Å². The summed E-state index contributed by atoms with van der Waals surface area (Å²) in [6, 6.07) is 12.6. The van der Waals surface area contributed by atoms with Crippen molar-refractivity contribution in [2.24, 2.45) is 11.3 Å². The molecule has 8 heteroatoms. The molecule has 1 fully saturated rings. The van der Waals surface area contributed by atoms with E-state index in [1.807, 2.05) is 30.9 Å². The summed E-state index contributed by atoms with van der Waals surface area (Å²) in [6.07, 6.45) is 2.78. The summed E-state index contributed by atoms with van der Waals surface area (Å²) in [5.41, 5.74) is 1.28. The van der Waals surface area contributed by atoms with E-state index in [9.17, 15) is 22.4 Å². The van der Waals surface area contributed by atoms with E-state index < -0.39 is 15.4 Å². The molecule has 2 aromatic rings. The molecule has 172 valence electrons. The van der Waals surface area contributed by atoms with Gasteiger partial charge in [-0.25, -0.2) is 12.8 Å². The second-order valence-electron chi connectivity index (χ2n) is 9.07. The number of hydrogen-bond donors (Lipinski definition) is 1.